The van der Waals surface area contributed by atoms with E-state index in [2.05, 4.69) is 20.6 Å². The molecule has 0 aliphatic rings. The maximum Gasteiger partial charge on any atom is 0.255 e. The van der Waals surface area contributed by atoms with E-state index in [1.165, 1.54) is 6.33 Å². The van der Waals surface area contributed by atoms with E-state index in [-0.39, 0.29) is 12.5 Å². The summed E-state index contributed by atoms with van der Waals surface area (Å²) in [6, 6.07) is 17.7. The number of hydrogen-bond acceptors (Lipinski definition) is 7. The summed E-state index contributed by atoms with van der Waals surface area (Å²) in [6.45, 7) is 0.235. The molecule has 0 saturated carbocycles. The highest BCUT2D eigenvalue weighted by molar-refractivity contribution is 6.04. The molecule has 4 aromatic rings. The maximum atomic E-state index is 12.5. The van der Waals surface area contributed by atoms with Gasteiger partial charge in [-0.1, -0.05) is 12.1 Å². The van der Waals surface area contributed by atoms with E-state index in [0.717, 1.165) is 5.56 Å². The number of methoxy groups -OCH3 is 1. The van der Waals surface area contributed by atoms with Gasteiger partial charge in [0.15, 0.2) is 6.29 Å². The van der Waals surface area contributed by atoms with E-state index in [9.17, 15) is 14.7 Å². The average molecular weight is 442 g/mol. The second kappa shape index (κ2) is 9.88. The van der Waals surface area contributed by atoms with Crippen LogP contribution in [-0.2, 0) is 13.2 Å². The lowest BCUT2D eigenvalue weighted by Crippen LogP contribution is -2.12. The van der Waals surface area contributed by atoms with Crippen LogP contribution in [0.15, 0.2) is 67.0 Å². The van der Waals surface area contributed by atoms with Crippen LogP contribution in [0.1, 0.15) is 31.8 Å². The molecule has 3 aromatic carbocycles. The van der Waals surface area contributed by atoms with Crippen molar-refractivity contribution >= 4 is 34.6 Å². The Morgan fingerprint density at radius 1 is 1.06 bits per heavy atom. The van der Waals surface area contributed by atoms with E-state index in [0.29, 0.717) is 57.7 Å². The van der Waals surface area contributed by atoms with Crippen molar-refractivity contribution < 1.29 is 19.4 Å². The SMILES string of the molecule is COc1ccc(C(=O)Nc2cccc(CNc3ncnc4c(C=O)cc(CO)cc34)c2)cc1. The van der Waals surface area contributed by atoms with Gasteiger partial charge in [-0.05, 0) is 59.7 Å². The van der Waals surface area contributed by atoms with Crippen molar-refractivity contribution in [3.63, 3.8) is 0 Å². The van der Waals surface area contributed by atoms with Gasteiger partial charge in [0, 0.05) is 28.7 Å². The quantitative estimate of drug-likeness (QED) is 0.356. The summed E-state index contributed by atoms with van der Waals surface area (Å²) >= 11 is 0. The van der Waals surface area contributed by atoms with Gasteiger partial charge < -0.3 is 20.5 Å². The van der Waals surface area contributed by atoms with Crippen LogP contribution in [0.2, 0.25) is 0 Å². The fraction of sp³-hybridized carbons (Fsp3) is 0.120. The topological polar surface area (TPSA) is 113 Å². The van der Waals surface area contributed by atoms with Gasteiger partial charge in [-0.3, -0.25) is 9.59 Å². The number of benzene rings is 3. The first-order valence-corrected chi connectivity index (χ1v) is 10.2. The molecule has 1 heterocycles. The number of aliphatic hydroxyl groups excluding tert-OH is 1. The molecule has 0 atom stereocenters. The van der Waals surface area contributed by atoms with Gasteiger partial charge in [0.05, 0.1) is 19.2 Å². The Hall–Kier alpha value is -4.30. The number of carbonyl (C=O) groups is 2. The number of aldehydes is 1. The van der Waals surface area contributed by atoms with Crippen molar-refractivity contribution in [1.82, 2.24) is 9.97 Å². The number of carbonyl (C=O) groups excluding carboxylic acids is 2. The van der Waals surface area contributed by atoms with Crippen molar-refractivity contribution in [2.45, 2.75) is 13.2 Å². The third-order valence-electron chi connectivity index (χ3n) is 5.13. The van der Waals surface area contributed by atoms with Gasteiger partial charge in [0.25, 0.3) is 5.91 Å². The number of hydrogen-bond donors (Lipinski definition) is 3. The third kappa shape index (κ3) is 4.97. The monoisotopic (exact) mass is 442 g/mol. The molecule has 0 spiro atoms. The molecule has 1 aromatic heterocycles. The molecular weight excluding hydrogens is 420 g/mol. The molecule has 0 aliphatic carbocycles. The zero-order valence-corrected chi connectivity index (χ0v) is 17.9. The molecule has 33 heavy (non-hydrogen) atoms. The van der Waals surface area contributed by atoms with Crippen molar-refractivity contribution in [2.75, 3.05) is 17.7 Å². The zero-order chi connectivity index (χ0) is 23.2. The summed E-state index contributed by atoms with van der Waals surface area (Å²) < 4.78 is 5.12. The Balaban J connectivity index is 1.50. The first-order chi connectivity index (χ1) is 16.1. The number of rotatable bonds is 8. The average Bonchev–Trinajstić information content (AvgIpc) is 2.87. The first-order valence-electron chi connectivity index (χ1n) is 10.2. The Kier molecular flexibility index (Phi) is 6.56. The molecular formula is C25H22N4O4. The highest BCUT2D eigenvalue weighted by Crippen LogP contribution is 2.24. The van der Waals surface area contributed by atoms with Gasteiger partial charge in [-0.25, -0.2) is 9.97 Å². The fourth-order valence-corrected chi connectivity index (χ4v) is 3.47. The van der Waals surface area contributed by atoms with Crippen LogP contribution in [0.3, 0.4) is 0 Å². The number of aliphatic hydroxyl groups is 1. The summed E-state index contributed by atoms with van der Waals surface area (Å²) in [5, 5.41) is 16.3. The number of ether oxygens (including phenoxy) is 1. The van der Waals surface area contributed by atoms with Gasteiger partial charge in [0.2, 0.25) is 0 Å². The third-order valence-corrected chi connectivity index (χ3v) is 5.13. The predicted molar refractivity (Wildman–Crippen MR) is 126 cm³/mol. The lowest BCUT2D eigenvalue weighted by Gasteiger charge is -2.12. The highest BCUT2D eigenvalue weighted by Gasteiger charge is 2.11. The number of nitrogens with one attached hydrogen (secondary N) is 2. The van der Waals surface area contributed by atoms with Gasteiger partial charge in [-0.15, -0.1) is 0 Å². The summed E-state index contributed by atoms with van der Waals surface area (Å²) in [5.41, 5.74) is 3.62. The van der Waals surface area contributed by atoms with Crippen LogP contribution >= 0.6 is 0 Å². The van der Waals surface area contributed by atoms with Crippen LogP contribution < -0.4 is 15.4 Å². The van der Waals surface area contributed by atoms with Crippen molar-refractivity contribution in [3.05, 3.63) is 89.2 Å². The lowest BCUT2D eigenvalue weighted by atomic mass is 10.1. The maximum absolute atomic E-state index is 12.5. The Morgan fingerprint density at radius 2 is 1.88 bits per heavy atom. The normalized spacial score (nSPS) is 10.6. The second-order valence-corrected chi connectivity index (χ2v) is 7.32. The molecule has 8 heteroatoms. The fourth-order valence-electron chi connectivity index (χ4n) is 3.47. The number of anilines is 2. The lowest BCUT2D eigenvalue weighted by molar-refractivity contribution is 0.102. The first kappa shape index (κ1) is 21.9. The predicted octanol–water partition coefficient (Wildman–Crippen LogP) is 3.81. The molecule has 4 rings (SSSR count). The molecule has 0 fully saturated rings. The van der Waals surface area contributed by atoms with Crippen molar-refractivity contribution in [3.8, 4) is 5.75 Å². The van der Waals surface area contributed by atoms with Crippen molar-refractivity contribution in [1.29, 1.82) is 0 Å². The van der Waals surface area contributed by atoms with Crippen LogP contribution in [0, 0.1) is 0 Å². The smallest absolute Gasteiger partial charge is 0.255 e. The minimum Gasteiger partial charge on any atom is -0.497 e. The van der Waals surface area contributed by atoms with E-state index >= 15 is 0 Å². The Morgan fingerprint density at radius 3 is 2.61 bits per heavy atom. The Bertz CT molecular complexity index is 1310. The number of amides is 1. The minimum atomic E-state index is -0.220. The highest BCUT2D eigenvalue weighted by atomic mass is 16.5. The molecule has 0 radical (unpaired) electrons. The summed E-state index contributed by atoms with van der Waals surface area (Å²) in [5.74, 6) is 1.01. The largest absolute Gasteiger partial charge is 0.497 e. The van der Waals surface area contributed by atoms with Crippen molar-refractivity contribution in [2.24, 2.45) is 0 Å². The second-order valence-electron chi connectivity index (χ2n) is 7.32. The van der Waals surface area contributed by atoms with Crippen LogP contribution in [0.4, 0.5) is 11.5 Å². The molecule has 1 amide bonds. The van der Waals surface area contributed by atoms with Crippen LogP contribution in [0.5, 0.6) is 5.75 Å². The van der Waals surface area contributed by atoms with E-state index in [1.54, 1.807) is 43.5 Å². The zero-order valence-electron chi connectivity index (χ0n) is 17.9. The molecule has 0 aliphatic heterocycles. The van der Waals surface area contributed by atoms with Gasteiger partial charge in [0.1, 0.15) is 17.9 Å². The van der Waals surface area contributed by atoms with E-state index < -0.39 is 0 Å². The molecule has 0 bridgehead atoms. The Labute approximate surface area is 190 Å². The number of nitrogens with zero attached hydrogens (tertiary/aromatic N) is 2. The number of aromatic nitrogens is 2. The van der Waals surface area contributed by atoms with E-state index in [4.69, 9.17) is 4.74 Å². The summed E-state index contributed by atoms with van der Waals surface area (Å²) in [7, 11) is 1.58. The van der Waals surface area contributed by atoms with Crippen LogP contribution in [-0.4, -0.2) is 34.4 Å². The van der Waals surface area contributed by atoms with Crippen LogP contribution in [0.25, 0.3) is 10.9 Å². The minimum absolute atomic E-state index is 0.193. The molecule has 0 unspecified atom stereocenters. The standard InChI is InChI=1S/C25H22N4O4/c1-33-21-7-5-18(6-8-21)25(32)29-20-4-2-3-16(10-20)12-26-24-22-11-17(13-30)9-19(14-31)23(22)27-15-28-24/h2-11,14-15,30H,12-13H2,1H3,(H,29,32)(H,26,27,28). The van der Waals surface area contributed by atoms with E-state index in [1.807, 2.05) is 24.3 Å². The molecule has 0 saturated heterocycles. The summed E-state index contributed by atoms with van der Waals surface area (Å²) in [6.07, 6.45) is 2.11. The summed E-state index contributed by atoms with van der Waals surface area (Å²) in [4.78, 5) is 32.5. The molecule has 166 valence electrons. The number of fused-ring (bicyclic) bond motifs is 1. The molecule has 8 nitrogen and oxygen atoms in total. The van der Waals surface area contributed by atoms with Gasteiger partial charge >= 0.3 is 0 Å². The molecule has 3 N–H and O–H groups in total. The van der Waals surface area contributed by atoms with Gasteiger partial charge in [-0.2, -0.15) is 0 Å².